The zero-order valence-corrected chi connectivity index (χ0v) is 9.82. The van der Waals surface area contributed by atoms with E-state index in [1.807, 2.05) is 4.90 Å². The summed E-state index contributed by atoms with van der Waals surface area (Å²) in [6.45, 7) is 1.57. The van der Waals surface area contributed by atoms with Crippen LogP contribution in [0.2, 0.25) is 0 Å². The van der Waals surface area contributed by atoms with Crippen LogP contribution in [0.1, 0.15) is 44.9 Å². The largest absolute Gasteiger partial charge is 0.341 e. The molecule has 1 aliphatic heterocycles. The summed E-state index contributed by atoms with van der Waals surface area (Å²) in [5, 5.41) is 8.91. The Bertz CT molecular complexity index is 289. The van der Waals surface area contributed by atoms with E-state index in [2.05, 4.69) is 6.07 Å². The normalized spacial score (nSPS) is 27.8. The standard InChI is InChI=1S/C13H20N2O/c14-8-12-6-7-13(16)15(10-12)9-11-4-2-1-3-5-11/h11-12H,1-7,9-10H2. The molecule has 0 radical (unpaired) electrons. The highest BCUT2D eigenvalue weighted by Gasteiger charge is 2.27. The van der Waals surface area contributed by atoms with Crippen molar-refractivity contribution in [3.63, 3.8) is 0 Å². The van der Waals surface area contributed by atoms with Crippen molar-refractivity contribution in [2.24, 2.45) is 11.8 Å². The topological polar surface area (TPSA) is 44.1 Å². The zero-order valence-electron chi connectivity index (χ0n) is 9.82. The number of hydrogen-bond donors (Lipinski definition) is 0. The van der Waals surface area contributed by atoms with Crippen molar-refractivity contribution in [2.75, 3.05) is 13.1 Å². The SMILES string of the molecule is N#CC1CCC(=O)N(CC2CCCCC2)C1. The molecular formula is C13H20N2O. The minimum Gasteiger partial charge on any atom is -0.341 e. The van der Waals surface area contributed by atoms with Crippen molar-refractivity contribution in [3.8, 4) is 6.07 Å². The summed E-state index contributed by atoms with van der Waals surface area (Å²) in [6, 6.07) is 2.30. The summed E-state index contributed by atoms with van der Waals surface area (Å²) in [5.41, 5.74) is 0. The van der Waals surface area contributed by atoms with Crippen LogP contribution >= 0.6 is 0 Å². The number of hydrogen-bond acceptors (Lipinski definition) is 2. The van der Waals surface area contributed by atoms with E-state index in [0.717, 1.165) is 13.0 Å². The van der Waals surface area contributed by atoms with Gasteiger partial charge in [0.15, 0.2) is 0 Å². The molecule has 1 aliphatic carbocycles. The zero-order chi connectivity index (χ0) is 11.4. The lowest BCUT2D eigenvalue weighted by atomic mass is 9.88. The number of piperidine rings is 1. The minimum absolute atomic E-state index is 0.0706. The van der Waals surface area contributed by atoms with Gasteiger partial charge in [0.1, 0.15) is 0 Å². The van der Waals surface area contributed by atoms with Gasteiger partial charge in [-0.25, -0.2) is 0 Å². The summed E-state index contributed by atoms with van der Waals surface area (Å²) in [5.74, 6) is 1.02. The minimum atomic E-state index is 0.0706. The van der Waals surface area contributed by atoms with Crippen LogP contribution in [0.25, 0.3) is 0 Å². The van der Waals surface area contributed by atoms with E-state index in [9.17, 15) is 4.79 Å². The van der Waals surface area contributed by atoms with Crippen molar-refractivity contribution < 1.29 is 4.79 Å². The second-order valence-corrected chi connectivity index (χ2v) is 5.17. The van der Waals surface area contributed by atoms with Gasteiger partial charge in [-0.15, -0.1) is 0 Å². The third kappa shape index (κ3) is 2.75. The number of likely N-dealkylation sites (tertiary alicyclic amines) is 1. The van der Waals surface area contributed by atoms with Crippen molar-refractivity contribution in [2.45, 2.75) is 44.9 Å². The average molecular weight is 220 g/mol. The lowest BCUT2D eigenvalue weighted by molar-refractivity contribution is -0.135. The molecule has 0 aromatic carbocycles. The fourth-order valence-corrected chi connectivity index (χ4v) is 2.88. The second-order valence-electron chi connectivity index (χ2n) is 5.17. The molecule has 2 rings (SSSR count). The summed E-state index contributed by atoms with van der Waals surface area (Å²) < 4.78 is 0. The Morgan fingerprint density at radius 3 is 2.69 bits per heavy atom. The maximum absolute atomic E-state index is 11.7. The highest BCUT2D eigenvalue weighted by atomic mass is 16.2. The van der Waals surface area contributed by atoms with Crippen LogP contribution in [0.15, 0.2) is 0 Å². The van der Waals surface area contributed by atoms with Gasteiger partial charge in [0.2, 0.25) is 5.91 Å². The molecular weight excluding hydrogens is 200 g/mol. The van der Waals surface area contributed by atoms with Crippen molar-refractivity contribution in [1.29, 1.82) is 5.26 Å². The first kappa shape index (κ1) is 11.4. The molecule has 2 aliphatic rings. The Morgan fingerprint density at radius 1 is 1.25 bits per heavy atom. The van der Waals surface area contributed by atoms with Gasteiger partial charge < -0.3 is 4.90 Å². The van der Waals surface area contributed by atoms with E-state index in [1.165, 1.54) is 32.1 Å². The molecule has 0 aromatic heterocycles. The molecule has 3 nitrogen and oxygen atoms in total. The molecule has 1 atom stereocenters. The quantitative estimate of drug-likeness (QED) is 0.717. The first-order valence-electron chi connectivity index (χ1n) is 6.47. The second kappa shape index (κ2) is 5.34. The van der Waals surface area contributed by atoms with Gasteiger partial charge in [-0.1, -0.05) is 19.3 Å². The third-order valence-corrected chi connectivity index (χ3v) is 3.89. The number of rotatable bonds is 2. The van der Waals surface area contributed by atoms with Gasteiger partial charge in [-0.3, -0.25) is 4.79 Å². The van der Waals surface area contributed by atoms with Crippen LogP contribution in [-0.2, 0) is 4.79 Å². The van der Waals surface area contributed by atoms with Gasteiger partial charge in [0.05, 0.1) is 12.0 Å². The van der Waals surface area contributed by atoms with E-state index in [1.54, 1.807) is 0 Å². The average Bonchev–Trinajstić information content (AvgIpc) is 2.33. The molecule has 1 unspecified atom stereocenters. The molecule has 0 N–H and O–H groups in total. The fourth-order valence-electron chi connectivity index (χ4n) is 2.88. The fraction of sp³-hybridized carbons (Fsp3) is 0.846. The Morgan fingerprint density at radius 2 is 2.00 bits per heavy atom. The molecule has 88 valence electrons. The van der Waals surface area contributed by atoms with E-state index in [-0.39, 0.29) is 11.8 Å². The van der Waals surface area contributed by atoms with Crippen molar-refractivity contribution in [3.05, 3.63) is 0 Å². The van der Waals surface area contributed by atoms with Crippen LogP contribution < -0.4 is 0 Å². The van der Waals surface area contributed by atoms with E-state index in [4.69, 9.17) is 5.26 Å². The van der Waals surface area contributed by atoms with Gasteiger partial charge in [0.25, 0.3) is 0 Å². The third-order valence-electron chi connectivity index (χ3n) is 3.89. The molecule has 1 saturated heterocycles. The first-order valence-corrected chi connectivity index (χ1v) is 6.47. The highest BCUT2D eigenvalue weighted by Crippen LogP contribution is 2.26. The summed E-state index contributed by atoms with van der Waals surface area (Å²) in [4.78, 5) is 13.7. The maximum atomic E-state index is 11.7. The number of carbonyl (C=O) groups excluding carboxylic acids is 1. The van der Waals surface area contributed by atoms with Crippen LogP contribution in [-0.4, -0.2) is 23.9 Å². The lowest BCUT2D eigenvalue weighted by Gasteiger charge is -2.34. The number of nitrogens with zero attached hydrogens (tertiary/aromatic N) is 2. The Hall–Kier alpha value is -1.04. The van der Waals surface area contributed by atoms with E-state index in [0.29, 0.717) is 18.9 Å². The Labute approximate surface area is 97.4 Å². The molecule has 1 amide bonds. The molecule has 0 bridgehead atoms. The molecule has 1 heterocycles. The lowest BCUT2D eigenvalue weighted by Crippen LogP contribution is -2.42. The molecule has 3 heteroatoms. The highest BCUT2D eigenvalue weighted by molar-refractivity contribution is 5.77. The van der Waals surface area contributed by atoms with E-state index >= 15 is 0 Å². The molecule has 16 heavy (non-hydrogen) atoms. The monoisotopic (exact) mass is 220 g/mol. The number of amides is 1. The smallest absolute Gasteiger partial charge is 0.222 e. The Balaban J connectivity index is 1.86. The Kier molecular flexibility index (Phi) is 3.82. The van der Waals surface area contributed by atoms with Crippen LogP contribution in [0, 0.1) is 23.2 Å². The van der Waals surface area contributed by atoms with Gasteiger partial charge in [-0.2, -0.15) is 5.26 Å². The molecule has 0 spiro atoms. The van der Waals surface area contributed by atoms with Crippen molar-refractivity contribution >= 4 is 5.91 Å². The number of nitriles is 1. The van der Waals surface area contributed by atoms with Gasteiger partial charge >= 0.3 is 0 Å². The summed E-state index contributed by atoms with van der Waals surface area (Å²) >= 11 is 0. The van der Waals surface area contributed by atoms with Gasteiger partial charge in [-0.05, 0) is 25.2 Å². The predicted molar refractivity (Wildman–Crippen MR) is 61.5 cm³/mol. The molecule has 1 saturated carbocycles. The van der Waals surface area contributed by atoms with Crippen molar-refractivity contribution in [1.82, 2.24) is 4.90 Å². The number of carbonyl (C=O) groups is 1. The molecule has 0 aromatic rings. The van der Waals surface area contributed by atoms with Crippen LogP contribution in [0.3, 0.4) is 0 Å². The van der Waals surface area contributed by atoms with E-state index < -0.39 is 0 Å². The summed E-state index contributed by atoms with van der Waals surface area (Å²) in [7, 11) is 0. The van der Waals surface area contributed by atoms with Crippen LogP contribution in [0.5, 0.6) is 0 Å². The predicted octanol–water partition coefficient (Wildman–Crippen LogP) is 2.33. The van der Waals surface area contributed by atoms with Gasteiger partial charge in [0, 0.05) is 19.5 Å². The summed E-state index contributed by atoms with van der Waals surface area (Å²) in [6.07, 6.45) is 7.84. The molecule has 2 fully saturated rings. The maximum Gasteiger partial charge on any atom is 0.222 e. The first-order chi connectivity index (χ1) is 7.79. The van der Waals surface area contributed by atoms with Crippen LogP contribution in [0.4, 0.5) is 0 Å².